The number of para-hydroxylation sites is 1. The Morgan fingerprint density at radius 3 is 2.82 bits per heavy atom. The van der Waals surface area contributed by atoms with Gasteiger partial charge in [-0.15, -0.1) is 5.10 Å². The largest absolute Gasteiger partial charge is 0.496 e. The molecule has 0 radical (unpaired) electrons. The van der Waals surface area contributed by atoms with Crippen LogP contribution in [-0.2, 0) is 16.1 Å². The number of ether oxygens (including phenoxy) is 2. The number of rotatable bonds is 6. The van der Waals surface area contributed by atoms with Crippen molar-refractivity contribution in [3.8, 4) is 5.75 Å². The van der Waals surface area contributed by atoms with E-state index in [4.69, 9.17) is 21.1 Å². The van der Waals surface area contributed by atoms with Crippen molar-refractivity contribution in [1.29, 1.82) is 0 Å². The van der Waals surface area contributed by atoms with E-state index < -0.39 is 11.9 Å². The number of benzene rings is 1. The average molecular weight is 342 g/mol. The van der Waals surface area contributed by atoms with Crippen molar-refractivity contribution in [3.63, 3.8) is 0 Å². The van der Waals surface area contributed by atoms with Gasteiger partial charge in [0.1, 0.15) is 28.9 Å². The van der Waals surface area contributed by atoms with Crippen molar-refractivity contribution < 1.29 is 19.1 Å². The fourth-order valence-electron chi connectivity index (χ4n) is 1.56. The van der Waals surface area contributed by atoms with Crippen molar-refractivity contribution in [2.45, 2.75) is 6.61 Å². The summed E-state index contributed by atoms with van der Waals surface area (Å²) in [5.74, 6) is -0.608. The van der Waals surface area contributed by atoms with Gasteiger partial charge in [0.05, 0.1) is 12.7 Å². The first-order valence-corrected chi connectivity index (χ1v) is 7.30. The smallest absolute Gasteiger partial charge is 0.325 e. The first kappa shape index (κ1) is 16.2. The number of esters is 1. The number of methoxy groups -OCH3 is 1. The normalized spacial score (nSPS) is 10.1. The van der Waals surface area contributed by atoms with Crippen LogP contribution in [0.5, 0.6) is 5.75 Å². The predicted molar refractivity (Wildman–Crippen MR) is 80.0 cm³/mol. The lowest BCUT2D eigenvalue weighted by atomic mass is 10.2. The van der Waals surface area contributed by atoms with Gasteiger partial charge < -0.3 is 14.8 Å². The lowest BCUT2D eigenvalue weighted by Gasteiger charge is -2.08. The van der Waals surface area contributed by atoms with Gasteiger partial charge in [0.15, 0.2) is 0 Å². The van der Waals surface area contributed by atoms with Crippen LogP contribution in [0.1, 0.15) is 16.1 Å². The van der Waals surface area contributed by atoms with Crippen LogP contribution in [0.3, 0.4) is 0 Å². The number of carbonyl (C=O) groups is 2. The van der Waals surface area contributed by atoms with Gasteiger partial charge in [-0.05, 0) is 12.1 Å². The van der Waals surface area contributed by atoms with E-state index in [9.17, 15) is 9.59 Å². The zero-order chi connectivity index (χ0) is 15.9. The molecule has 0 saturated carbocycles. The Morgan fingerprint density at radius 2 is 2.14 bits per heavy atom. The second-order valence-electron chi connectivity index (χ2n) is 4.04. The van der Waals surface area contributed by atoms with Crippen molar-refractivity contribution >= 4 is 35.0 Å². The SMILES string of the molecule is COc1ccccc1C(=O)NCC(=O)OCc1nnsc1Cl. The minimum Gasteiger partial charge on any atom is -0.496 e. The van der Waals surface area contributed by atoms with Gasteiger partial charge in [-0.2, -0.15) is 0 Å². The summed E-state index contributed by atoms with van der Waals surface area (Å²) in [6.45, 7) is -0.356. The monoisotopic (exact) mass is 341 g/mol. The molecule has 1 aromatic carbocycles. The third kappa shape index (κ3) is 4.15. The number of nitrogens with zero attached hydrogens (tertiary/aromatic N) is 2. The third-order valence-electron chi connectivity index (χ3n) is 2.62. The Balaban J connectivity index is 1.83. The van der Waals surface area contributed by atoms with Crippen LogP contribution in [-0.4, -0.2) is 35.1 Å². The molecule has 0 aliphatic carbocycles. The molecule has 0 bridgehead atoms. The Hall–Kier alpha value is -2.19. The van der Waals surface area contributed by atoms with Gasteiger partial charge in [-0.3, -0.25) is 9.59 Å². The summed E-state index contributed by atoms with van der Waals surface area (Å²) in [6.07, 6.45) is 0. The highest BCUT2D eigenvalue weighted by Gasteiger charge is 2.14. The number of aromatic nitrogens is 2. The maximum absolute atomic E-state index is 12.0. The van der Waals surface area contributed by atoms with Gasteiger partial charge in [-0.25, -0.2) is 0 Å². The molecule has 1 amide bonds. The van der Waals surface area contributed by atoms with E-state index in [1.165, 1.54) is 7.11 Å². The molecule has 0 saturated heterocycles. The van der Waals surface area contributed by atoms with Crippen molar-refractivity contribution in [2.75, 3.05) is 13.7 Å². The van der Waals surface area contributed by atoms with E-state index in [2.05, 4.69) is 14.9 Å². The molecule has 0 spiro atoms. The first-order chi connectivity index (χ1) is 10.6. The molecule has 0 unspecified atom stereocenters. The topological polar surface area (TPSA) is 90.4 Å². The Morgan fingerprint density at radius 1 is 1.36 bits per heavy atom. The molecule has 1 heterocycles. The molecule has 0 aliphatic heterocycles. The second-order valence-corrected chi connectivity index (χ2v) is 5.39. The lowest BCUT2D eigenvalue weighted by Crippen LogP contribution is -2.30. The minimum atomic E-state index is -0.604. The van der Waals surface area contributed by atoms with E-state index in [0.717, 1.165) is 11.5 Å². The highest BCUT2D eigenvalue weighted by Crippen LogP contribution is 2.18. The number of carbonyl (C=O) groups excluding carboxylic acids is 2. The molecule has 22 heavy (non-hydrogen) atoms. The number of halogens is 1. The van der Waals surface area contributed by atoms with Gasteiger partial charge in [0.25, 0.3) is 5.91 Å². The average Bonchev–Trinajstić information content (AvgIpc) is 2.95. The molecular formula is C13H12ClN3O4S. The van der Waals surface area contributed by atoms with Crippen molar-refractivity contribution in [1.82, 2.24) is 14.9 Å². The highest BCUT2D eigenvalue weighted by molar-refractivity contribution is 7.10. The van der Waals surface area contributed by atoms with Crippen molar-refractivity contribution in [3.05, 3.63) is 39.9 Å². The zero-order valence-corrected chi connectivity index (χ0v) is 13.1. The number of hydrogen-bond donors (Lipinski definition) is 1. The van der Waals surface area contributed by atoms with Crippen LogP contribution in [0.4, 0.5) is 0 Å². The van der Waals surface area contributed by atoms with Crippen molar-refractivity contribution in [2.24, 2.45) is 0 Å². The standard InChI is InChI=1S/C13H12ClN3O4S/c1-20-10-5-3-2-4-8(10)13(19)15-6-11(18)21-7-9-12(14)22-17-16-9/h2-5H,6-7H2,1H3,(H,15,19). The summed E-state index contributed by atoms with van der Waals surface area (Å²) < 4.78 is 14.0. The fourth-order valence-corrected chi connectivity index (χ4v) is 2.16. The Labute approximate surface area is 135 Å². The third-order valence-corrected chi connectivity index (χ3v) is 3.61. The number of amides is 1. The highest BCUT2D eigenvalue weighted by atomic mass is 35.5. The van der Waals surface area contributed by atoms with Crippen LogP contribution in [0.25, 0.3) is 0 Å². The summed E-state index contributed by atoms with van der Waals surface area (Å²) in [5, 5.41) is 6.17. The van der Waals surface area contributed by atoms with E-state index in [-0.39, 0.29) is 13.2 Å². The van der Waals surface area contributed by atoms with Crippen LogP contribution >= 0.6 is 23.1 Å². The number of hydrogen-bond acceptors (Lipinski definition) is 7. The molecule has 1 N–H and O–H groups in total. The molecule has 7 nitrogen and oxygen atoms in total. The van der Waals surface area contributed by atoms with Crippen LogP contribution in [0.2, 0.25) is 4.34 Å². The number of nitrogens with one attached hydrogen (secondary N) is 1. The van der Waals surface area contributed by atoms with Crippen LogP contribution in [0.15, 0.2) is 24.3 Å². The summed E-state index contributed by atoms with van der Waals surface area (Å²) in [7, 11) is 1.46. The summed E-state index contributed by atoms with van der Waals surface area (Å²) in [6, 6.07) is 6.70. The molecule has 116 valence electrons. The second kappa shape index (κ2) is 7.71. The molecular weight excluding hydrogens is 330 g/mol. The first-order valence-electron chi connectivity index (χ1n) is 6.15. The Kier molecular flexibility index (Phi) is 5.68. The molecule has 2 rings (SSSR count). The maximum Gasteiger partial charge on any atom is 0.325 e. The molecule has 0 fully saturated rings. The fraction of sp³-hybridized carbons (Fsp3) is 0.231. The molecule has 0 aliphatic rings. The minimum absolute atomic E-state index is 0.0846. The zero-order valence-electron chi connectivity index (χ0n) is 11.5. The molecule has 0 atom stereocenters. The van der Waals surface area contributed by atoms with Crippen LogP contribution in [0, 0.1) is 0 Å². The Bertz CT molecular complexity index is 677. The molecule has 9 heteroatoms. The maximum atomic E-state index is 12.0. The summed E-state index contributed by atoms with van der Waals surface area (Å²) >= 11 is 6.79. The van der Waals surface area contributed by atoms with Gasteiger partial charge in [0, 0.05) is 11.5 Å². The van der Waals surface area contributed by atoms with Gasteiger partial charge >= 0.3 is 5.97 Å². The van der Waals surface area contributed by atoms with Crippen LogP contribution < -0.4 is 10.1 Å². The predicted octanol–water partition coefficient (Wildman–Crippen LogP) is 1.67. The van der Waals surface area contributed by atoms with E-state index in [1.807, 2.05) is 0 Å². The quantitative estimate of drug-likeness (QED) is 0.804. The summed E-state index contributed by atoms with van der Waals surface area (Å²) in [4.78, 5) is 23.6. The van der Waals surface area contributed by atoms with E-state index in [1.54, 1.807) is 24.3 Å². The van der Waals surface area contributed by atoms with Gasteiger partial charge in [0.2, 0.25) is 0 Å². The molecule has 1 aromatic heterocycles. The lowest BCUT2D eigenvalue weighted by molar-refractivity contribution is -0.143. The summed E-state index contributed by atoms with van der Waals surface area (Å²) in [5.41, 5.74) is 0.723. The van der Waals surface area contributed by atoms with E-state index >= 15 is 0 Å². The van der Waals surface area contributed by atoms with E-state index in [0.29, 0.717) is 21.3 Å². The van der Waals surface area contributed by atoms with Gasteiger partial charge in [-0.1, -0.05) is 28.2 Å². The molecule has 2 aromatic rings.